The molecule has 0 aliphatic heterocycles. The summed E-state index contributed by atoms with van der Waals surface area (Å²) in [6.45, 7) is 0.0160. The molecule has 0 saturated heterocycles. The van der Waals surface area contributed by atoms with Crippen LogP contribution in [0.15, 0.2) is 60.9 Å². The van der Waals surface area contributed by atoms with Crippen LogP contribution in [0.2, 0.25) is 0 Å². The third-order valence-electron chi connectivity index (χ3n) is 3.45. The molecule has 0 saturated carbocycles. The van der Waals surface area contributed by atoms with Crippen molar-refractivity contribution in [2.24, 2.45) is 0 Å². The Morgan fingerprint density at radius 1 is 1.00 bits per heavy atom. The Bertz CT molecular complexity index is 751. The van der Waals surface area contributed by atoms with Gasteiger partial charge < -0.3 is 9.67 Å². The van der Waals surface area contributed by atoms with E-state index in [1.165, 1.54) is 6.07 Å². The van der Waals surface area contributed by atoms with Gasteiger partial charge in [0.25, 0.3) is 0 Å². The van der Waals surface area contributed by atoms with Gasteiger partial charge in [-0.15, -0.1) is 0 Å². The number of nitrogens with zero attached hydrogens (tertiary/aromatic N) is 2. The SMILES string of the molecule is OC(Cn1ccnc1-c1ccccc1)c1c(F)cccc1F. The standard InChI is InChI=1S/C17H14F2N2O/c18-13-7-4-8-14(19)16(13)15(22)11-21-10-9-20-17(21)12-5-2-1-3-6-12/h1-10,15,22H,11H2. The monoisotopic (exact) mass is 300 g/mol. The number of imidazole rings is 1. The van der Waals surface area contributed by atoms with Crippen LogP contribution in [-0.4, -0.2) is 14.7 Å². The number of halogens is 2. The van der Waals surface area contributed by atoms with Gasteiger partial charge in [-0.3, -0.25) is 0 Å². The second-order valence-electron chi connectivity index (χ2n) is 4.92. The quantitative estimate of drug-likeness (QED) is 0.800. The van der Waals surface area contributed by atoms with Crippen molar-refractivity contribution >= 4 is 0 Å². The summed E-state index contributed by atoms with van der Waals surface area (Å²) < 4.78 is 29.1. The van der Waals surface area contributed by atoms with Crippen molar-refractivity contribution in [2.75, 3.05) is 0 Å². The first-order valence-electron chi connectivity index (χ1n) is 6.85. The molecule has 0 aliphatic carbocycles. The van der Waals surface area contributed by atoms with Crippen LogP contribution in [0.5, 0.6) is 0 Å². The second-order valence-corrected chi connectivity index (χ2v) is 4.92. The number of rotatable bonds is 4. The first-order valence-corrected chi connectivity index (χ1v) is 6.85. The molecule has 0 spiro atoms. The molecular formula is C17H14F2N2O. The van der Waals surface area contributed by atoms with Crippen molar-refractivity contribution in [3.63, 3.8) is 0 Å². The molecule has 1 N–H and O–H groups in total. The Labute approximate surface area is 126 Å². The molecule has 1 atom stereocenters. The van der Waals surface area contributed by atoms with E-state index in [0.717, 1.165) is 17.7 Å². The minimum absolute atomic E-state index is 0.0160. The number of aliphatic hydroxyl groups is 1. The van der Waals surface area contributed by atoms with E-state index in [1.54, 1.807) is 17.0 Å². The fraction of sp³-hybridized carbons (Fsp3) is 0.118. The van der Waals surface area contributed by atoms with E-state index in [0.29, 0.717) is 5.82 Å². The van der Waals surface area contributed by atoms with E-state index < -0.39 is 17.7 Å². The maximum Gasteiger partial charge on any atom is 0.139 e. The normalized spacial score (nSPS) is 12.3. The number of hydrogen-bond donors (Lipinski definition) is 1. The average Bonchev–Trinajstić information content (AvgIpc) is 2.96. The van der Waals surface area contributed by atoms with Crippen molar-refractivity contribution in [3.05, 3.63) is 78.1 Å². The van der Waals surface area contributed by atoms with Gasteiger partial charge >= 0.3 is 0 Å². The number of aliphatic hydroxyl groups excluding tert-OH is 1. The van der Waals surface area contributed by atoms with Crippen LogP contribution in [-0.2, 0) is 6.54 Å². The lowest BCUT2D eigenvalue weighted by Gasteiger charge is -2.15. The van der Waals surface area contributed by atoms with Crippen LogP contribution in [0.1, 0.15) is 11.7 Å². The fourth-order valence-electron chi connectivity index (χ4n) is 2.41. The zero-order valence-electron chi connectivity index (χ0n) is 11.7. The van der Waals surface area contributed by atoms with Crippen LogP contribution in [0.4, 0.5) is 8.78 Å². The summed E-state index contributed by atoms with van der Waals surface area (Å²) in [7, 11) is 0. The molecule has 3 aromatic rings. The predicted octanol–water partition coefficient (Wildman–Crippen LogP) is 3.56. The van der Waals surface area contributed by atoms with Gasteiger partial charge in [0.05, 0.1) is 12.1 Å². The first-order chi connectivity index (χ1) is 10.7. The number of benzene rings is 2. The zero-order chi connectivity index (χ0) is 15.5. The molecule has 5 heteroatoms. The molecule has 3 nitrogen and oxygen atoms in total. The van der Waals surface area contributed by atoms with Crippen LogP contribution in [0, 0.1) is 11.6 Å². The molecule has 0 radical (unpaired) electrons. The number of aromatic nitrogens is 2. The molecular weight excluding hydrogens is 286 g/mol. The van der Waals surface area contributed by atoms with Crippen molar-refractivity contribution in [3.8, 4) is 11.4 Å². The minimum atomic E-state index is -1.29. The molecule has 22 heavy (non-hydrogen) atoms. The maximum atomic E-state index is 13.7. The third kappa shape index (κ3) is 2.76. The summed E-state index contributed by atoms with van der Waals surface area (Å²) in [5.41, 5.74) is 0.545. The van der Waals surface area contributed by atoms with Gasteiger partial charge in [-0.05, 0) is 12.1 Å². The molecule has 0 amide bonds. The Morgan fingerprint density at radius 3 is 2.36 bits per heavy atom. The average molecular weight is 300 g/mol. The lowest BCUT2D eigenvalue weighted by molar-refractivity contribution is 0.148. The van der Waals surface area contributed by atoms with Crippen molar-refractivity contribution < 1.29 is 13.9 Å². The molecule has 0 aliphatic rings. The molecule has 1 heterocycles. The number of hydrogen-bond acceptors (Lipinski definition) is 2. The van der Waals surface area contributed by atoms with Gasteiger partial charge in [0, 0.05) is 18.0 Å². The Kier molecular flexibility index (Phi) is 3.98. The Hall–Kier alpha value is -2.53. The van der Waals surface area contributed by atoms with Crippen molar-refractivity contribution in [2.45, 2.75) is 12.6 Å². The lowest BCUT2D eigenvalue weighted by Crippen LogP contribution is -2.12. The summed E-state index contributed by atoms with van der Waals surface area (Å²) in [6, 6.07) is 12.9. The minimum Gasteiger partial charge on any atom is -0.386 e. The van der Waals surface area contributed by atoms with E-state index in [-0.39, 0.29) is 12.1 Å². The molecule has 112 valence electrons. The van der Waals surface area contributed by atoms with Crippen LogP contribution in [0.25, 0.3) is 11.4 Å². The summed E-state index contributed by atoms with van der Waals surface area (Å²) in [6.07, 6.45) is 1.97. The molecule has 2 aromatic carbocycles. The highest BCUT2D eigenvalue weighted by Gasteiger charge is 2.19. The fourth-order valence-corrected chi connectivity index (χ4v) is 2.41. The smallest absolute Gasteiger partial charge is 0.139 e. The van der Waals surface area contributed by atoms with Crippen molar-refractivity contribution in [1.82, 2.24) is 9.55 Å². The molecule has 3 rings (SSSR count). The summed E-state index contributed by atoms with van der Waals surface area (Å²) in [4.78, 5) is 4.24. The Balaban J connectivity index is 1.90. The van der Waals surface area contributed by atoms with E-state index in [4.69, 9.17) is 0 Å². The second kappa shape index (κ2) is 6.07. The highest BCUT2D eigenvalue weighted by molar-refractivity contribution is 5.55. The van der Waals surface area contributed by atoms with E-state index >= 15 is 0 Å². The van der Waals surface area contributed by atoms with Gasteiger partial charge in [-0.1, -0.05) is 36.4 Å². The van der Waals surface area contributed by atoms with Crippen LogP contribution in [0.3, 0.4) is 0 Å². The van der Waals surface area contributed by atoms with Gasteiger partial charge in [0.2, 0.25) is 0 Å². The first kappa shape index (κ1) is 14.4. The third-order valence-corrected chi connectivity index (χ3v) is 3.45. The lowest BCUT2D eigenvalue weighted by atomic mass is 10.1. The van der Waals surface area contributed by atoms with Gasteiger partial charge in [0.15, 0.2) is 0 Å². The van der Waals surface area contributed by atoms with E-state index in [2.05, 4.69) is 4.98 Å². The summed E-state index contributed by atoms with van der Waals surface area (Å²) in [5, 5.41) is 10.2. The highest BCUT2D eigenvalue weighted by Crippen LogP contribution is 2.24. The maximum absolute atomic E-state index is 13.7. The molecule has 1 aromatic heterocycles. The summed E-state index contributed by atoms with van der Waals surface area (Å²) >= 11 is 0. The van der Waals surface area contributed by atoms with Gasteiger partial charge in [-0.2, -0.15) is 0 Å². The Morgan fingerprint density at radius 2 is 1.68 bits per heavy atom. The van der Waals surface area contributed by atoms with Crippen LogP contribution >= 0.6 is 0 Å². The summed E-state index contributed by atoms with van der Waals surface area (Å²) in [5.74, 6) is -0.876. The van der Waals surface area contributed by atoms with Gasteiger partial charge in [-0.25, -0.2) is 13.8 Å². The van der Waals surface area contributed by atoms with Crippen LogP contribution < -0.4 is 0 Å². The molecule has 1 unspecified atom stereocenters. The van der Waals surface area contributed by atoms with Gasteiger partial charge in [0.1, 0.15) is 23.6 Å². The topological polar surface area (TPSA) is 38.0 Å². The van der Waals surface area contributed by atoms with E-state index in [9.17, 15) is 13.9 Å². The molecule has 0 bridgehead atoms. The van der Waals surface area contributed by atoms with Crippen molar-refractivity contribution in [1.29, 1.82) is 0 Å². The predicted molar refractivity (Wildman–Crippen MR) is 79.0 cm³/mol. The van der Waals surface area contributed by atoms with E-state index in [1.807, 2.05) is 30.3 Å². The molecule has 0 fully saturated rings. The zero-order valence-corrected chi connectivity index (χ0v) is 11.7. The highest BCUT2D eigenvalue weighted by atomic mass is 19.1. The largest absolute Gasteiger partial charge is 0.386 e.